The predicted octanol–water partition coefficient (Wildman–Crippen LogP) is 2.72. The molecule has 0 fully saturated rings. The van der Waals surface area contributed by atoms with Crippen LogP contribution in [0.1, 0.15) is 42.6 Å². The van der Waals surface area contributed by atoms with Crippen LogP contribution < -0.4 is 0 Å². The molecule has 0 bridgehead atoms. The van der Waals surface area contributed by atoms with Crippen LogP contribution in [0.3, 0.4) is 0 Å². The maximum atomic E-state index is 5.25. The minimum absolute atomic E-state index is 0.323. The molecule has 1 N–H and O–H groups in total. The van der Waals surface area contributed by atoms with Crippen LogP contribution in [0, 0.1) is 18.6 Å². The average Bonchev–Trinajstić information content (AvgIpc) is 2.77. The SMILES string of the molecule is Cc1noc(C)c1Cn1c(C(C)C)n[nH]c1=S. The Morgan fingerprint density at radius 2 is 2.12 bits per heavy atom. The summed E-state index contributed by atoms with van der Waals surface area (Å²) in [6.07, 6.45) is 0. The third-order valence-electron chi connectivity index (χ3n) is 2.80. The lowest BCUT2D eigenvalue weighted by atomic mass is 10.2. The van der Waals surface area contributed by atoms with Crippen LogP contribution in [-0.2, 0) is 6.54 Å². The quantitative estimate of drug-likeness (QED) is 0.853. The molecule has 0 aliphatic heterocycles. The first-order valence-electron chi connectivity index (χ1n) is 5.57. The Kier molecular flexibility index (Phi) is 3.15. The molecular formula is C11H16N4OS. The van der Waals surface area contributed by atoms with E-state index in [1.165, 1.54) is 0 Å². The monoisotopic (exact) mass is 252 g/mol. The fourth-order valence-corrected chi connectivity index (χ4v) is 2.01. The van der Waals surface area contributed by atoms with Gasteiger partial charge < -0.3 is 4.52 Å². The zero-order valence-corrected chi connectivity index (χ0v) is 11.3. The third-order valence-corrected chi connectivity index (χ3v) is 3.11. The van der Waals surface area contributed by atoms with Crippen molar-refractivity contribution in [1.82, 2.24) is 19.9 Å². The van der Waals surface area contributed by atoms with E-state index in [9.17, 15) is 0 Å². The highest BCUT2D eigenvalue weighted by Gasteiger charge is 2.15. The smallest absolute Gasteiger partial charge is 0.195 e. The van der Waals surface area contributed by atoms with Crippen molar-refractivity contribution in [3.8, 4) is 0 Å². The largest absolute Gasteiger partial charge is 0.361 e. The zero-order valence-electron chi connectivity index (χ0n) is 10.4. The van der Waals surface area contributed by atoms with Gasteiger partial charge in [0, 0.05) is 11.5 Å². The van der Waals surface area contributed by atoms with Crippen molar-refractivity contribution in [2.75, 3.05) is 0 Å². The summed E-state index contributed by atoms with van der Waals surface area (Å²) in [4.78, 5) is 0. The summed E-state index contributed by atoms with van der Waals surface area (Å²) in [6.45, 7) is 8.69. The molecular weight excluding hydrogens is 236 g/mol. The van der Waals surface area contributed by atoms with Gasteiger partial charge in [-0.15, -0.1) is 0 Å². The summed E-state index contributed by atoms with van der Waals surface area (Å²) < 4.78 is 7.78. The van der Waals surface area contributed by atoms with Gasteiger partial charge in [-0.25, -0.2) is 0 Å². The second-order valence-corrected chi connectivity index (χ2v) is 4.82. The Balaban J connectivity index is 2.43. The van der Waals surface area contributed by atoms with Gasteiger partial charge in [0.15, 0.2) is 4.77 Å². The highest BCUT2D eigenvalue weighted by Crippen LogP contribution is 2.18. The first-order valence-corrected chi connectivity index (χ1v) is 5.98. The summed E-state index contributed by atoms with van der Waals surface area (Å²) in [5.74, 6) is 2.11. The average molecular weight is 252 g/mol. The Morgan fingerprint density at radius 3 is 2.65 bits per heavy atom. The molecule has 2 rings (SSSR count). The molecule has 17 heavy (non-hydrogen) atoms. The minimum atomic E-state index is 0.323. The van der Waals surface area contributed by atoms with Crippen molar-refractivity contribution in [3.05, 3.63) is 27.6 Å². The summed E-state index contributed by atoms with van der Waals surface area (Å²) in [7, 11) is 0. The predicted molar refractivity (Wildman–Crippen MR) is 66.6 cm³/mol. The van der Waals surface area contributed by atoms with E-state index in [1.54, 1.807) is 0 Å². The number of hydrogen-bond acceptors (Lipinski definition) is 4. The van der Waals surface area contributed by atoms with Gasteiger partial charge in [-0.3, -0.25) is 9.67 Å². The van der Waals surface area contributed by atoms with E-state index in [1.807, 2.05) is 18.4 Å². The number of nitrogens with zero attached hydrogens (tertiary/aromatic N) is 3. The molecule has 0 spiro atoms. The molecule has 0 amide bonds. The number of H-pyrrole nitrogens is 1. The van der Waals surface area contributed by atoms with Gasteiger partial charge in [-0.1, -0.05) is 19.0 Å². The molecule has 0 aromatic carbocycles. The van der Waals surface area contributed by atoms with E-state index in [-0.39, 0.29) is 0 Å². The van der Waals surface area contributed by atoms with E-state index >= 15 is 0 Å². The van der Waals surface area contributed by atoms with Gasteiger partial charge in [-0.05, 0) is 26.1 Å². The third kappa shape index (κ3) is 2.17. The summed E-state index contributed by atoms with van der Waals surface area (Å²) in [5, 5.41) is 11.0. The molecule has 0 radical (unpaired) electrons. The number of aromatic amines is 1. The number of hydrogen-bond donors (Lipinski definition) is 1. The lowest BCUT2D eigenvalue weighted by Crippen LogP contribution is -2.08. The van der Waals surface area contributed by atoms with Crippen molar-refractivity contribution in [1.29, 1.82) is 0 Å². The molecule has 0 aliphatic rings. The van der Waals surface area contributed by atoms with Crippen molar-refractivity contribution in [2.24, 2.45) is 0 Å². The molecule has 0 atom stereocenters. The first-order chi connectivity index (χ1) is 8.00. The van der Waals surface area contributed by atoms with Crippen molar-refractivity contribution in [2.45, 2.75) is 40.2 Å². The molecule has 0 saturated carbocycles. The number of rotatable bonds is 3. The van der Waals surface area contributed by atoms with Gasteiger partial charge in [0.1, 0.15) is 11.6 Å². The molecule has 2 heterocycles. The minimum Gasteiger partial charge on any atom is -0.361 e. The topological polar surface area (TPSA) is 59.6 Å². The van der Waals surface area contributed by atoms with E-state index in [2.05, 4.69) is 29.2 Å². The lowest BCUT2D eigenvalue weighted by molar-refractivity contribution is 0.392. The van der Waals surface area contributed by atoms with Crippen LogP contribution in [0.5, 0.6) is 0 Å². The summed E-state index contributed by atoms with van der Waals surface area (Å²) in [6, 6.07) is 0. The molecule has 0 saturated heterocycles. The van der Waals surface area contributed by atoms with Crippen molar-refractivity contribution in [3.63, 3.8) is 0 Å². The van der Waals surface area contributed by atoms with Crippen LogP contribution in [0.4, 0.5) is 0 Å². The Morgan fingerprint density at radius 1 is 1.41 bits per heavy atom. The van der Waals surface area contributed by atoms with Crippen LogP contribution >= 0.6 is 12.2 Å². The molecule has 2 aromatic heterocycles. The van der Waals surface area contributed by atoms with Crippen molar-refractivity contribution < 1.29 is 4.52 Å². The van der Waals surface area contributed by atoms with Crippen LogP contribution in [0.25, 0.3) is 0 Å². The Labute approximate surface area is 105 Å². The first kappa shape index (κ1) is 12.0. The van der Waals surface area contributed by atoms with E-state index in [0.717, 1.165) is 22.8 Å². The molecule has 0 unspecified atom stereocenters. The molecule has 6 heteroatoms. The number of nitrogens with one attached hydrogen (secondary N) is 1. The fourth-order valence-electron chi connectivity index (χ4n) is 1.81. The lowest BCUT2D eigenvalue weighted by Gasteiger charge is -2.08. The van der Waals surface area contributed by atoms with Gasteiger partial charge in [0.2, 0.25) is 0 Å². The van der Waals surface area contributed by atoms with Crippen LogP contribution in [0.2, 0.25) is 0 Å². The van der Waals surface area contributed by atoms with E-state index in [0.29, 0.717) is 17.2 Å². The van der Waals surface area contributed by atoms with Crippen LogP contribution in [0.15, 0.2) is 4.52 Å². The Hall–Kier alpha value is -1.43. The normalized spacial score (nSPS) is 11.4. The van der Waals surface area contributed by atoms with Gasteiger partial charge in [0.05, 0.1) is 12.2 Å². The van der Waals surface area contributed by atoms with Gasteiger partial charge in [0.25, 0.3) is 0 Å². The second-order valence-electron chi connectivity index (χ2n) is 4.43. The van der Waals surface area contributed by atoms with E-state index in [4.69, 9.17) is 16.7 Å². The zero-order chi connectivity index (χ0) is 12.6. The Bertz CT molecular complexity index is 559. The molecule has 5 nitrogen and oxygen atoms in total. The standard InChI is InChI=1S/C11H16N4OS/c1-6(2)10-12-13-11(17)15(10)5-9-7(3)14-16-8(9)4/h6H,5H2,1-4H3,(H,13,17). The van der Waals surface area contributed by atoms with Gasteiger partial charge >= 0.3 is 0 Å². The summed E-state index contributed by atoms with van der Waals surface area (Å²) >= 11 is 5.25. The van der Waals surface area contributed by atoms with Crippen LogP contribution in [-0.4, -0.2) is 19.9 Å². The fraction of sp³-hybridized carbons (Fsp3) is 0.545. The van der Waals surface area contributed by atoms with Crippen molar-refractivity contribution >= 4 is 12.2 Å². The molecule has 0 aliphatic carbocycles. The summed E-state index contributed by atoms with van der Waals surface area (Å²) in [5.41, 5.74) is 1.98. The molecule has 92 valence electrons. The maximum Gasteiger partial charge on any atom is 0.195 e. The highest BCUT2D eigenvalue weighted by molar-refractivity contribution is 7.71. The maximum absolute atomic E-state index is 5.25. The second kappa shape index (κ2) is 4.44. The number of aryl methyl sites for hydroxylation is 2. The van der Waals surface area contributed by atoms with Gasteiger partial charge in [-0.2, -0.15) is 5.10 Å². The molecule has 2 aromatic rings. The number of aromatic nitrogens is 4. The highest BCUT2D eigenvalue weighted by atomic mass is 32.1. The van der Waals surface area contributed by atoms with E-state index < -0.39 is 0 Å².